The van der Waals surface area contributed by atoms with Crippen LogP contribution >= 0.6 is 11.6 Å². The number of hydrogen-bond donors (Lipinski definition) is 1. The van der Waals surface area contributed by atoms with Gasteiger partial charge in [-0.1, -0.05) is 36.7 Å². The van der Waals surface area contributed by atoms with Crippen LogP contribution in [0.3, 0.4) is 0 Å². The van der Waals surface area contributed by atoms with E-state index in [1.54, 1.807) is 27.3 Å². The van der Waals surface area contributed by atoms with E-state index >= 15 is 4.21 Å². The number of benzene rings is 2. The van der Waals surface area contributed by atoms with Crippen LogP contribution in [0, 0.1) is 17.8 Å². The predicted molar refractivity (Wildman–Crippen MR) is 230 cm³/mol. The molecule has 5 aliphatic rings. The second-order valence-corrected chi connectivity index (χ2v) is 19.6. The molecule has 1 spiro atoms. The number of carbonyl (C=O) groups excluding carboxylic acids is 2. The molecule has 1 aromatic heterocycles. The molecule has 7 atom stereocenters. The standard InChI is InChI=1S/C44H57ClN6O8S/c1-28-25-60(54,48-42(53)35-24-49(2)46-43(35)57-5)47-41(52)30-9-13-40-37(20-30)51(26-44(27-59-40)16-6-7-29-19-32(45)10-12-36(29)44)21-31-8-11-34(31)39(56-4)15-14-38(28)58-18-17-50-22-33(23-50)55-3/h9-10,12-15,19-20,24,28,31,33-34,38-39H,6-8,11,16-18,21-23,25-27H2,1-5H3,(H,47,48,52,53,54)/b15-14-/t28-,31+,34-,38+,39+,44+,60?/m1/s1. The van der Waals surface area contributed by atoms with Gasteiger partial charge in [-0.05, 0) is 85.4 Å². The summed E-state index contributed by atoms with van der Waals surface area (Å²) in [5, 5.41) is 4.92. The number of carbonyl (C=O) groups is 2. The zero-order valence-corrected chi connectivity index (χ0v) is 36.7. The number of aryl methyl sites for hydroxylation is 2. The maximum Gasteiger partial charge on any atom is 0.286 e. The van der Waals surface area contributed by atoms with E-state index in [4.69, 9.17) is 35.3 Å². The third-order valence-corrected chi connectivity index (χ3v) is 15.3. The van der Waals surface area contributed by atoms with E-state index in [-0.39, 0.29) is 46.3 Å². The summed E-state index contributed by atoms with van der Waals surface area (Å²) >= 11 is 6.50. The number of aromatic nitrogens is 2. The molecule has 16 heteroatoms. The molecule has 324 valence electrons. The Morgan fingerprint density at radius 1 is 1.07 bits per heavy atom. The number of nitrogens with zero attached hydrogens (tertiary/aromatic N) is 5. The fraction of sp³-hybridized carbons (Fsp3) is 0.568. The van der Waals surface area contributed by atoms with Crippen molar-refractivity contribution < 1.29 is 37.5 Å². The van der Waals surface area contributed by atoms with Crippen LogP contribution in [0.4, 0.5) is 5.69 Å². The molecular weight excluding hydrogens is 808 g/mol. The van der Waals surface area contributed by atoms with E-state index in [9.17, 15) is 9.59 Å². The molecule has 2 bridgehead atoms. The van der Waals surface area contributed by atoms with E-state index in [0.29, 0.717) is 38.0 Å². The number of fused-ring (bicyclic) bond motifs is 4. The maximum atomic E-state index is 15.1. The largest absolute Gasteiger partial charge is 0.490 e. The summed E-state index contributed by atoms with van der Waals surface area (Å²) in [6.07, 6.45) is 9.99. The first-order valence-electron chi connectivity index (χ1n) is 21.0. The number of hydrogen-bond acceptors (Lipinski definition) is 11. The highest BCUT2D eigenvalue weighted by molar-refractivity contribution is 7.92. The smallest absolute Gasteiger partial charge is 0.286 e. The Balaban J connectivity index is 1.18. The lowest BCUT2D eigenvalue weighted by Crippen LogP contribution is -2.52. The highest BCUT2D eigenvalue weighted by Gasteiger charge is 2.45. The van der Waals surface area contributed by atoms with E-state index in [1.807, 2.05) is 31.2 Å². The average Bonchev–Trinajstić information content (AvgIpc) is 3.52. The Labute approximate surface area is 358 Å². The average molecular weight is 865 g/mol. The summed E-state index contributed by atoms with van der Waals surface area (Å²) < 4.78 is 53.9. The van der Waals surface area contributed by atoms with Crippen LogP contribution in [0.15, 0.2) is 59.1 Å². The molecule has 14 nitrogen and oxygen atoms in total. The zero-order chi connectivity index (χ0) is 42.2. The minimum Gasteiger partial charge on any atom is -0.490 e. The Morgan fingerprint density at radius 3 is 2.63 bits per heavy atom. The molecule has 2 aliphatic carbocycles. The molecule has 60 heavy (non-hydrogen) atoms. The third kappa shape index (κ3) is 8.84. The molecule has 1 saturated carbocycles. The van der Waals surface area contributed by atoms with Gasteiger partial charge >= 0.3 is 0 Å². The summed E-state index contributed by atoms with van der Waals surface area (Å²) in [6, 6.07) is 11.5. The molecule has 1 saturated heterocycles. The number of halogens is 1. The molecule has 1 unspecified atom stereocenters. The number of nitrogens with one attached hydrogen (secondary N) is 1. The third-order valence-electron chi connectivity index (χ3n) is 13.1. The molecule has 0 radical (unpaired) electrons. The highest BCUT2D eigenvalue weighted by Crippen LogP contribution is 2.47. The number of methoxy groups -OCH3 is 3. The van der Waals surface area contributed by atoms with E-state index in [0.717, 1.165) is 62.4 Å². The number of rotatable bonds is 9. The van der Waals surface area contributed by atoms with E-state index < -0.39 is 33.8 Å². The monoisotopic (exact) mass is 864 g/mol. The van der Waals surface area contributed by atoms with Gasteiger partial charge in [0, 0.05) is 82.1 Å². The van der Waals surface area contributed by atoms with Gasteiger partial charge in [-0.2, -0.15) is 0 Å². The van der Waals surface area contributed by atoms with Crippen molar-refractivity contribution in [3.63, 3.8) is 0 Å². The van der Waals surface area contributed by atoms with Gasteiger partial charge in [-0.3, -0.25) is 23.9 Å². The summed E-state index contributed by atoms with van der Waals surface area (Å²) in [6.45, 7) is 6.55. The summed E-state index contributed by atoms with van der Waals surface area (Å²) in [5.41, 5.74) is 3.28. The minimum atomic E-state index is -3.78. The van der Waals surface area contributed by atoms with Gasteiger partial charge in [0.15, 0.2) is 0 Å². The summed E-state index contributed by atoms with van der Waals surface area (Å²) in [4.78, 5) is 32.9. The van der Waals surface area contributed by atoms with Crippen molar-refractivity contribution in [1.29, 1.82) is 0 Å². The van der Waals surface area contributed by atoms with Gasteiger partial charge in [-0.25, -0.2) is 4.21 Å². The van der Waals surface area contributed by atoms with Crippen molar-refractivity contribution in [2.75, 3.05) is 77.9 Å². The van der Waals surface area contributed by atoms with Gasteiger partial charge in [0.2, 0.25) is 5.88 Å². The van der Waals surface area contributed by atoms with Crippen LogP contribution in [0.2, 0.25) is 5.02 Å². The van der Waals surface area contributed by atoms with Gasteiger partial charge in [-0.15, -0.1) is 9.46 Å². The highest BCUT2D eigenvalue weighted by atomic mass is 35.5. The minimum absolute atomic E-state index is 0.0589. The SMILES string of the molecule is COc1nn(C)cc1C(=O)NS1(=O)=NC(=O)c2ccc3c(c2)N(C[C@@H]2CC[C@H]2[C@@H](OC)/C=C\[C@H](OCCN2CC(OC)C2)[C@H](C)C1)C[C@@]1(CCCc2cc(Cl)ccc21)CO3. The van der Waals surface area contributed by atoms with Crippen LogP contribution in [-0.2, 0) is 43.0 Å². The van der Waals surface area contributed by atoms with Crippen molar-refractivity contribution >= 4 is 39.0 Å². The van der Waals surface area contributed by atoms with Gasteiger partial charge in [0.25, 0.3) is 11.8 Å². The van der Waals surface area contributed by atoms with Crippen LogP contribution in [0.25, 0.3) is 0 Å². The van der Waals surface area contributed by atoms with Gasteiger partial charge in [0.1, 0.15) is 21.2 Å². The fourth-order valence-corrected chi connectivity index (χ4v) is 11.8. The van der Waals surface area contributed by atoms with Crippen molar-refractivity contribution in [3.05, 3.63) is 82.0 Å². The number of likely N-dealkylation sites (tertiary alicyclic amines) is 1. The molecular formula is C44H57ClN6O8S. The first kappa shape index (κ1) is 42.7. The Morgan fingerprint density at radius 2 is 1.88 bits per heavy atom. The van der Waals surface area contributed by atoms with Crippen LogP contribution < -0.4 is 19.1 Å². The van der Waals surface area contributed by atoms with Crippen molar-refractivity contribution in [2.45, 2.75) is 62.8 Å². The molecule has 2 fully saturated rings. The Hall–Kier alpha value is -3.99. The topological polar surface area (TPSA) is 146 Å². The molecule has 2 amide bonds. The predicted octanol–water partition coefficient (Wildman–Crippen LogP) is 5.47. The second-order valence-electron chi connectivity index (χ2n) is 17.2. The van der Waals surface area contributed by atoms with Gasteiger partial charge in [0.05, 0.1) is 50.1 Å². The Kier molecular flexibility index (Phi) is 12.6. The van der Waals surface area contributed by atoms with Crippen LogP contribution in [0.1, 0.15) is 64.4 Å². The maximum absolute atomic E-state index is 15.1. The lowest BCUT2D eigenvalue weighted by atomic mass is 9.68. The van der Waals surface area contributed by atoms with Crippen molar-refractivity contribution in [3.8, 4) is 11.6 Å². The molecule has 2 aromatic carbocycles. The number of amides is 2. The molecule has 4 heterocycles. The lowest BCUT2D eigenvalue weighted by molar-refractivity contribution is -0.0473. The number of ether oxygens (including phenoxy) is 5. The van der Waals surface area contributed by atoms with Crippen molar-refractivity contribution in [2.24, 2.45) is 29.2 Å². The lowest BCUT2D eigenvalue weighted by Gasteiger charge is -2.46. The first-order chi connectivity index (χ1) is 28.9. The molecule has 3 aromatic rings. The normalized spacial score (nSPS) is 30.1. The number of anilines is 1. The quantitative estimate of drug-likeness (QED) is 0.274. The summed E-state index contributed by atoms with van der Waals surface area (Å²) in [7, 11) is 2.75. The molecule has 8 rings (SSSR count). The second kappa shape index (κ2) is 17.8. The first-order valence-corrected chi connectivity index (χ1v) is 23.0. The fourth-order valence-electron chi connectivity index (χ4n) is 9.69. The molecule has 3 aliphatic heterocycles. The van der Waals surface area contributed by atoms with Gasteiger partial charge < -0.3 is 28.6 Å². The zero-order valence-electron chi connectivity index (χ0n) is 35.1. The summed E-state index contributed by atoms with van der Waals surface area (Å²) in [5.74, 6) is -0.783. The van der Waals surface area contributed by atoms with E-state index in [2.05, 4.69) is 42.2 Å². The van der Waals surface area contributed by atoms with Crippen LogP contribution in [0.5, 0.6) is 11.6 Å². The van der Waals surface area contributed by atoms with E-state index in [1.165, 1.54) is 29.1 Å². The van der Waals surface area contributed by atoms with Crippen molar-refractivity contribution in [1.82, 2.24) is 19.4 Å². The van der Waals surface area contributed by atoms with Crippen LogP contribution in [-0.4, -0.2) is 122 Å². The Bertz CT molecular complexity index is 2240. The molecule has 1 N–H and O–H groups in total.